The first-order valence-electron chi connectivity index (χ1n) is 10.7. The third-order valence-corrected chi connectivity index (χ3v) is 6.77. The lowest BCUT2D eigenvalue weighted by Crippen LogP contribution is -2.31. The molecule has 0 aromatic carbocycles. The Hall–Kier alpha value is -2.81. The molecule has 0 radical (unpaired) electrons. The summed E-state index contributed by atoms with van der Waals surface area (Å²) in [5.41, 5.74) is 2.67. The van der Waals surface area contributed by atoms with Crippen LogP contribution in [0.4, 0.5) is 5.82 Å². The Balaban J connectivity index is 1.41. The highest BCUT2D eigenvalue weighted by Crippen LogP contribution is 2.30. The number of fused-ring (bicyclic) bond motifs is 1. The number of nitrogens with zero attached hydrogens (tertiary/aromatic N) is 7. The van der Waals surface area contributed by atoms with Gasteiger partial charge in [0.05, 0.1) is 18.4 Å². The Morgan fingerprint density at radius 3 is 2.81 bits per heavy atom. The molecule has 9 heteroatoms. The van der Waals surface area contributed by atoms with E-state index in [0.29, 0.717) is 31.1 Å². The van der Waals surface area contributed by atoms with Crippen LogP contribution in [0.3, 0.4) is 0 Å². The second-order valence-electron chi connectivity index (χ2n) is 8.30. The van der Waals surface area contributed by atoms with E-state index in [9.17, 15) is 4.79 Å². The SMILES string of the molecule is CCN(Cc1nc2c(s1)CC(C)CC2)C(=O)c1ccc(N(C)Cc2cnn(C)c2)nn1. The summed E-state index contributed by atoms with van der Waals surface area (Å²) in [5.74, 6) is 1.32. The highest BCUT2D eigenvalue weighted by Gasteiger charge is 2.23. The fourth-order valence-electron chi connectivity index (χ4n) is 3.86. The van der Waals surface area contributed by atoms with Gasteiger partial charge >= 0.3 is 0 Å². The number of thiazole rings is 1. The molecule has 1 aliphatic carbocycles. The van der Waals surface area contributed by atoms with E-state index >= 15 is 0 Å². The minimum absolute atomic E-state index is 0.113. The Bertz CT molecular complexity index is 1040. The molecular weight excluding hydrogens is 410 g/mol. The van der Waals surface area contributed by atoms with Gasteiger partial charge in [-0.1, -0.05) is 6.92 Å². The molecule has 1 unspecified atom stereocenters. The number of aryl methyl sites for hydroxylation is 2. The number of carbonyl (C=O) groups excluding carboxylic acids is 1. The van der Waals surface area contributed by atoms with Crippen LogP contribution >= 0.6 is 11.3 Å². The van der Waals surface area contributed by atoms with E-state index in [1.807, 2.05) is 44.4 Å². The minimum Gasteiger partial charge on any atom is -0.354 e. The van der Waals surface area contributed by atoms with Crippen LogP contribution in [-0.4, -0.2) is 49.4 Å². The topological polar surface area (TPSA) is 80.0 Å². The number of carbonyl (C=O) groups is 1. The second-order valence-corrected chi connectivity index (χ2v) is 9.47. The van der Waals surface area contributed by atoms with E-state index < -0.39 is 0 Å². The number of aromatic nitrogens is 5. The fraction of sp³-hybridized carbons (Fsp3) is 0.500. The third-order valence-electron chi connectivity index (χ3n) is 5.66. The zero-order valence-electron chi connectivity index (χ0n) is 18.6. The summed E-state index contributed by atoms with van der Waals surface area (Å²) < 4.78 is 1.77. The van der Waals surface area contributed by atoms with Crippen molar-refractivity contribution >= 4 is 23.1 Å². The van der Waals surface area contributed by atoms with E-state index in [4.69, 9.17) is 4.98 Å². The van der Waals surface area contributed by atoms with Crippen LogP contribution in [0.5, 0.6) is 0 Å². The molecule has 0 saturated heterocycles. The number of rotatable bonds is 7. The van der Waals surface area contributed by atoms with Gasteiger partial charge in [0.25, 0.3) is 5.91 Å². The summed E-state index contributed by atoms with van der Waals surface area (Å²) in [6.07, 6.45) is 7.15. The molecular formula is C22H29N7OS. The van der Waals surface area contributed by atoms with Gasteiger partial charge < -0.3 is 9.80 Å². The van der Waals surface area contributed by atoms with Crippen molar-refractivity contribution in [1.29, 1.82) is 0 Å². The van der Waals surface area contributed by atoms with E-state index in [0.717, 1.165) is 29.3 Å². The van der Waals surface area contributed by atoms with Crippen molar-refractivity contribution in [1.82, 2.24) is 29.9 Å². The summed E-state index contributed by atoms with van der Waals surface area (Å²) in [6.45, 7) is 6.07. The minimum atomic E-state index is -0.113. The van der Waals surface area contributed by atoms with Crippen molar-refractivity contribution in [3.63, 3.8) is 0 Å². The van der Waals surface area contributed by atoms with E-state index in [-0.39, 0.29) is 5.91 Å². The standard InChI is InChI=1S/C22H29N7OS/c1-5-29(14-21-24-17-7-6-15(2)10-19(17)31-21)22(30)18-8-9-20(26-25-18)27(3)12-16-11-23-28(4)13-16/h8-9,11,13,15H,5-7,10,12,14H2,1-4H3. The molecule has 1 amide bonds. The lowest BCUT2D eigenvalue weighted by molar-refractivity contribution is 0.0745. The molecule has 8 nitrogen and oxygen atoms in total. The van der Waals surface area contributed by atoms with Crippen molar-refractivity contribution in [2.75, 3.05) is 18.5 Å². The largest absolute Gasteiger partial charge is 0.354 e. The maximum Gasteiger partial charge on any atom is 0.274 e. The normalized spacial score (nSPS) is 15.5. The van der Waals surface area contributed by atoms with Gasteiger partial charge in [-0.05, 0) is 44.2 Å². The van der Waals surface area contributed by atoms with Crippen LogP contribution in [0.2, 0.25) is 0 Å². The number of hydrogen-bond acceptors (Lipinski definition) is 7. The molecule has 1 aliphatic rings. The number of amides is 1. The molecule has 0 fully saturated rings. The zero-order chi connectivity index (χ0) is 22.0. The maximum atomic E-state index is 13.0. The lowest BCUT2D eigenvalue weighted by atomic mass is 9.93. The van der Waals surface area contributed by atoms with Gasteiger partial charge in [-0.3, -0.25) is 9.48 Å². The molecule has 3 heterocycles. The molecule has 0 spiro atoms. The summed E-state index contributed by atoms with van der Waals surface area (Å²) >= 11 is 1.75. The number of anilines is 1. The van der Waals surface area contributed by atoms with Crippen molar-refractivity contribution in [2.45, 2.75) is 46.2 Å². The van der Waals surface area contributed by atoms with Crippen molar-refractivity contribution in [3.8, 4) is 0 Å². The van der Waals surface area contributed by atoms with Gasteiger partial charge in [0.2, 0.25) is 0 Å². The summed E-state index contributed by atoms with van der Waals surface area (Å²) in [5, 5.41) is 13.7. The quantitative estimate of drug-likeness (QED) is 0.563. The molecule has 0 bridgehead atoms. The van der Waals surface area contributed by atoms with Crippen LogP contribution in [0.15, 0.2) is 24.5 Å². The highest BCUT2D eigenvalue weighted by atomic mass is 32.1. The molecule has 0 aliphatic heterocycles. The first-order chi connectivity index (χ1) is 14.9. The summed E-state index contributed by atoms with van der Waals surface area (Å²) in [7, 11) is 3.84. The molecule has 4 rings (SSSR count). The van der Waals surface area contributed by atoms with Crippen LogP contribution in [0.25, 0.3) is 0 Å². The first-order valence-corrected chi connectivity index (χ1v) is 11.5. The second kappa shape index (κ2) is 9.13. The zero-order valence-corrected chi connectivity index (χ0v) is 19.4. The van der Waals surface area contributed by atoms with Crippen LogP contribution < -0.4 is 4.90 Å². The van der Waals surface area contributed by atoms with Crippen molar-refractivity contribution in [3.05, 3.63) is 51.4 Å². The number of hydrogen-bond donors (Lipinski definition) is 0. The van der Waals surface area contributed by atoms with E-state index in [1.165, 1.54) is 17.0 Å². The van der Waals surface area contributed by atoms with Gasteiger partial charge in [-0.15, -0.1) is 21.5 Å². The van der Waals surface area contributed by atoms with Gasteiger partial charge in [0, 0.05) is 43.8 Å². The predicted octanol–water partition coefficient (Wildman–Crippen LogP) is 3.09. The summed E-state index contributed by atoms with van der Waals surface area (Å²) in [4.78, 5) is 23.0. The Labute approximate surface area is 186 Å². The Morgan fingerprint density at radius 1 is 1.29 bits per heavy atom. The Morgan fingerprint density at radius 2 is 2.13 bits per heavy atom. The van der Waals surface area contributed by atoms with E-state index in [2.05, 4.69) is 22.2 Å². The summed E-state index contributed by atoms with van der Waals surface area (Å²) in [6, 6.07) is 3.59. The average molecular weight is 440 g/mol. The van der Waals surface area contributed by atoms with Crippen LogP contribution in [0, 0.1) is 5.92 Å². The molecule has 31 heavy (non-hydrogen) atoms. The molecule has 3 aromatic heterocycles. The first kappa shape index (κ1) is 21.4. The van der Waals surface area contributed by atoms with Gasteiger partial charge in [-0.25, -0.2) is 4.98 Å². The van der Waals surface area contributed by atoms with Gasteiger partial charge in [0.15, 0.2) is 11.5 Å². The van der Waals surface area contributed by atoms with Crippen LogP contribution in [-0.2, 0) is 33.0 Å². The van der Waals surface area contributed by atoms with Crippen molar-refractivity contribution in [2.24, 2.45) is 13.0 Å². The monoisotopic (exact) mass is 439 g/mol. The predicted molar refractivity (Wildman–Crippen MR) is 121 cm³/mol. The molecule has 1 atom stereocenters. The average Bonchev–Trinajstić information content (AvgIpc) is 3.36. The van der Waals surface area contributed by atoms with Gasteiger partial charge in [0.1, 0.15) is 5.01 Å². The maximum absolute atomic E-state index is 13.0. The lowest BCUT2D eigenvalue weighted by Gasteiger charge is -2.20. The Kier molecular flexibility index (Phi) is 6.31. The smallest absolute Gasteiger partial charge is 0.274 e. The third kappa shape index (κ3) is 4.92. The van der Waals surface area contributed by atoms with Crippen molar-refractivity contribution < 1.29 is 4.79 Å². The molecule has 0 N–H and O–H groups in total. The fourth-order valence-corrected chi connectivity index (χ4v) is 5.16. The molecule has 164 valence electrons. The molecule has 3 aromatic rings. The van der Waals surface area contributed by atoms with Crippen LogP contribution in [0.1, 0.15) is 51.9 Å². The van der Waals surface area contributed by atoms with Gasteiger partial charge in [-0.2, -0.15) is 5.10 Å². The van der Waals surface area contributed by atoms with E-state index in [1.54, 1.807) is 27.0 Å². The highest BCUT2D eigenvalue weighted by molar-refractivity contribution is 7.11. The molecule has 0 saturated carbocycles.